The van der Waals surface area contributed by atoms with Gasteiger partial charge < -0.3 is 24.6 Å². The first-order valence-electron chi connectivity index (χ1n) is 14.0. The zero-order valence-corrected chi connectivity index (χ0v) is 24.0. The number of amides is 2. The van der Waals surface area contributed by atoms with Crippen molar-refractivity contribution in [2.24, 2.45) is 0 Å². The molecule has 0 spiro atoms. The molecule has 214 valence electrons. The molecule has 11 heteroatoms. The number of piperidine rings is 1. The number of hydrogen-bond acceptors (Lipinski definition) is 8. The van der Waals surface area contributed by atoms with Crippen LogP contribution in [0.15, 0.2) is 30.5 Å². The van der Waals surface area contributed by atoms with E-state index in [1.165, 1.54) is 0 Å². The highest BCUT2D eigenvalue weighted by molar-refractivity contribution is 6.01. The van der Waals surface area contributed by atoms with Crippen molar-refractivity contribution in [1.29, 1.82) is 0 Å². The van der Waals surface area contributed by atoms with E-state index >= 15 is 0 Å². The first kappa shape index (κ1) is 27.8. The molecule has 0 radical (unpaired) electrons. The third-order valence-corrected chi connectivity index (χ3v) is 7.17. The number of ether oxygens (including phenoxy) is 2. The standard InChI is InChI=1S/C29H39N7O4/c1-29(2,3)40-28(38)31-20-12-15-35(16-13-20)27-30-14-11-22(32-27)25-21-18-19(26(37)34(4)5)9-10-23(21)36(33-25)24-8-6-7-17-39-24/h9-11,14,18,20,24H,6-8,12-13,15-17H2,1-5H3,(H,31,38). The summed E-state index contributed by atoms with van der Waals surface area (Å²) in [5.41, 5.74) is 2.36. The van der Waals surface area contributed by atoms with Gasteiger partial charge in [-0.1, -0.05) is 0 Å². The maximum Gasteiger partial charge on any atom is 0.407 e. The van der Waals surface area contributed by atoms with Gasteiger partial charge in [0.1, 0.15) is 11.3 Å². The van der Waals surface area contributed by atoms with Gasteiger partial charge >= 0.3 is 6.09 Å². The summed E-state index contributed by atoms with van der Waals surface area (Å²) in [6.45, 7) is 7.68. The Morgan fingerprint density at radius 1 is 1.10 bits per heavy atom. The SMILES string of the molecule is CN(C)C(=O)c1ccc2c(c1)c(-c1ccnc(N3CCC(NC(=O)OC(C)(C)C)CC3)n1)nn2C1CCCCO1. The van der Waals surface area contributed by atoms with Crippen LogP contribution in [-0.2, 0) is 9.47 Å². The van der Waals surface area contributed by atoms with Crippen molar-refractivity contribution in [3.05, 3.63) is 36.0 Å². The summed E-state index contributed by atoms with van der Waals surface area (Å²) in [5, 5.41) is 8.82. The van der Waals surface area contributed by atoms with Gasteiger partial charge in [0, 0.05) is 57.0 Å². The number of carbonyl (C=O) groups is 2. The lowest BCUT2D eigenvalue weighted by molar-refractivity contribution is -0.0365. The predicted molar refractivity (Wildman–Crippen MR) is 152 cm³/mol. The van der Waals surface area contributed by atoms with E-state index in [1.54, 1.807) is 25.2 Å². The molecule has 2 aliphatic rings. The van der Waals surface area contributed by atoms with Gasteiger partial charge in [-0.25, -0.2) is 19.4 Å². The molecule has 40 heavy (non-hydrogen) atoms. The van der Waals surface area contributed by atoms with E-state index in [0.717, 1.165) is 43.0 Å². The number of fused-ring (bicyclic) bond motifs is 1. The number of nitrogens with one attached hydrogen (secondary N) is 1. The molecule has 1 N–H and O–H groups in total. The van der Waals surface area contributed by atoms with Gasteiger partial charge in [-0.15, -0.1) is 0 Å². The van der Waals surface area contributed by atoms with E-state index < -0.39 is 5.60 Å². The lowest BCUT2D eigenvalue weighted by Gasteiger charge is -2.32. The minimum Gasteiger partial charge on any atom is -0.444 e. The Morgan fingerprint density at radius 3 is 2.55 bits per heavy atom. The van der Waals surface area contributed by atoms with Crippen molar-refractivity contribution in [3.63, 3.8) is 0 Å². The van der Waals surface area contributed by atoms with Crippen LogP contribution in [0.2, 0.25) is 0 Å². The Kier molecular flexibility index (Phi) is 7.93. The van der Waals surface area contributed by atoms with Gasteiger partial charge in [-0.2, -0.15) is 5.10 Å². The van der Waals surface area contributed by atoms with Crippen molar-refractivity contribution in [1.82, 2.24) is 30.0 Å². The number of alkyl carbamates (subject to hydrolysis) is 1. The smallest absolute Gasteiger partial charge is 0.407 e. The molecule has 1 atom stereocenters. The number of anilines is 1. The summed E-state index contributed by atoms with van der Waals surface area (Å²) in [6.07, 6.45) is 5.74. The summed E-state index contributed by atoms with van der Waals surface area (Å²) in [7, 11) is 3.49. The fraction of sp³-hybridized carbons (Fsp3) is 0.552. The number of carbonyl (C=O) groups excluding carboxylic acids is 2. The van der Waals surface area contributed by atoms with Gasteiger partial charge in [0.2, 0.25) is 5.95 Å². The quantitative estimate of drug-likeness (QED) is 0.499. The van der Waals surface area contributed by atoms with Crippen molar-refractivity contribution in [2.45, 2.75) is 70.7 Å². The molecule has 2 aromatic heterocycles. The molecule has 2 amide bonds. The second-order valence-electron chi connectivity index (χ2n) is 11.7. The van der Waals surface area contributed by atoms with Crippen LogP contribution in [0.4, 0.5) is 10.7 Å². The molecular weight excluding hydrogens is 510 g/mol. The lowest BCUT2D eigenvalue weighted by Crippen LogP contribution is -2.46. The predicted octanol–water partition coefficient (Wildman–Crippen LogP) is 4.39. The molecule has 0 saturated carbocycles. The third kappa shape index (κ3) is 6.19. The molecule has 0 aliphatic carbocycles. The normalized spacial score (nSPS) is 18.5. The Bertz CT molecular complexity index is 1370. The molecule has 2 saturated heterocycles. The number of aromatic nitrogens is 4. The fourth-order valence-corrected chi connectivity index (χ4v) is 5.19. The number of nitrogens with zero attached hydrogens (tertiary/aromatic N) is 6. The van der Waals surface area contributed by atoms with E-state index in [1.807, 2.05) is 49.7 Å². The van der Waals surface area contributed by atoms with Gasteiger partial charge in [-0.3, -0.25) is 4.79 Å². The Hall–Kier alpha value is -3.73. The van der Waals surface area contributed by atoms with E-state index in [-0.39, 0.29) is 24.3 Å². The van der Waals surface area contributed by atoms with Gasteiger partial charge in [0.05, 0.1) is 11.2 Å². The Labute approximate surface area is 234 Å². The monoisotopic (exact) mass is 549 g/mol. The summed E-state index contributed by atoms with van der Waals surface area (Å²) < 4.78 is 13.4. The second-order valence-corrected chi connectivity index (χ2v) is 11.7. The first-order valence-corrected chi connectivity index (χ1v) is 14.0. The maximum absolute atomic E-state index is 12.8. The minimum atomic E-state index is -0.528. The van der Waals surface area contributed by atoms with Crippen molar-refractivity contribution in [3.8, 4) is 11.4 Å². The molecule has 1 aromatic carbocycles. The van der Waals surface area contributed by atoms with Crippen LogP contribution < -0.4 is 10.2 Å². The molecule has 4 heterocycles. The number of rotatable bonds is 5. The highest BCUT2D eigenvalue weighted by Crippen LogP contribution is 2.33. The van der Waals surface area contributed by atoms with Crippen LogP contribution in [0, 0.1) is 0 Å². The van der Waals surface area contributed by atoms with E-state index in [4.69, 9.17) is 19.6 Å². The Balaban J connectivity index is 1.40. The zero-order valence-electron chi connectivity index (χ0n) is 24.0. The van der Waals surface area contributed by atoms with Crippen molar-refractivity contribution in [2.75, 3.05) is 38.7 Å². The van der Waals surface area contributed by atoms with Gasteiger partial charge in [-0.05, 0) is 77.1 Å². The minimum absolute atomic E-state index is 0.0390. The summed E-state index contributed by atoms with van der Waals surface area (Å²) >= 11 is 0. The average molecular weight is 550 g/mol. The van der Waals surface area contributed by atoms with Crippen LogP contribution in [0.5, 0.6) is 0 Å². The molecule has 5 rings (SSSR count). The lowest BCUT2D eigenvalue weighted by atomic mass is 10.1. The summed E-state index contributed by atoms with van der Waals surface area (Å²) in [6, 6.07) is 7.59. The molecule has 0 bridgehead atoms. The second kappa shape index (κ2) is 11.4. The number of benzene rings is 1. The first-order chi connectivity index (χ1) is 19.1. The van der Waals surface area contributed by atoms with E-state index in [9.17, 15) is 9.59 Å². The molecule has 2 aliphatic heterocycles. The summed E-state index contributed by atoms with van der Waals surface area (Å²) in [4.78, 5) is 38.1. The average Bonchev–Trinajstić information content (AvgIpc) is 3.31. The van der Waals surface area contributed by atoms with Crippen LogP contribution in [0.1, 0.15) is 69.5 Å². The van der Waals surface area contributed by atoms with Gasteiger partial charge in [0.15, 0.2) is 6.23 Å². The van der Waals surface area contributed by atoms with Crippen LogP contribution in [0.3, 0.4) is 0 Å². The molecule has 11 nitrogen and oxygen atoms in total. The third-order valence-electron chi connectivity index (χ3n) is 7.17. The fourth-order valence-electron chi connectivity index (χ4n) is 5.19. The topological polar surface area (TPSA) is 115 Å². The van der Waals surface area contributed by atoms with Crippen LogP contribution in [-0.4, -0.2) is 82.1 Å². The molecule has 1 unspecified atom stereocenters. The van der Waals surface area contributed by atoms with Crippen LogP contribution in [0.25, 0.3) is 22.3 Å². The highest BCUT2D eigenvalue weighted by atomic mass is 16.6. The molecular formula is C29H39N7O4. The van der Waals surface area contributed by atoms with Gasteiger partial charge in [0.25, 0.3) is 5.91 Å². The van der Waals surface area contributed by atoms with Crippen molar-refractivity contribution >= 4 is 28.9 Å². The van der Waals surface area contributed by atoms with E-state index in [0.29, 0.717) is 42.6 Å². The highest BCUT2D eigenvalue weighted by Gasteiger charge is 2.27. The number of hydrogen-bond donors (Lipinski definition) is 1. The summed E-state index contributed by atoms with van der Waals surface area (Å²) in [5.74, 6) is 0.547. The van der Waals surface area contributed by atoms with E-state index in [2.05, 4.69) is 15.2 Å². The molecule has 3 aromatic rings. The van der Waals surface area contributed by atoms with Crippen LogP contribution >= 0.6 is 0 Å². The maximum atomic E-state index is 12.8. The van der Waals surface area contributed by atoms with Crippen molar-refractivity contribution < 1.29 is 19.1 Å². The largest absolute Gasteiger partial charge is 0.444 e. The molecule has 2 fully saturated rings. The zero-order chi connectivity index (χ0) is 28.4. The Morgan fingerprint density at radius 2 is 1.88 bits per heavy atom.